The minimum Gasteiger partial charge on any atom is -0.481 e. The molecule has 0 heterocycles. The Morgan fingerprint density at radius 2 is 2.20 bits per heavy atom. The van der Waals surface area contributed by atoms with Crippen LogP contribution in [-0.2, 0) is 11.2 Å². The molecular weight excluding hydrogens is 195 g/mol. The van der Waals surface area contributed by atoms with Gasteiger partial charge in [0.15, 0.2) is 0 Å². The molecule has 1 aromatic carbocycles. The summed E-state index contributed by atoms with van der Waals surface area (Å²) in [6.45, 7) is 3.37. The lowest BCUT2D eigenvalue weighted by molar-refractivity contribution is -0.141. The van der Waals surface area contributed by atoms with Crippen LogP contribution in [0.2, 0.25) is 0 Å². The number of carboxylic acid groups (broad SMARTS) is 1. The Morgan fingerprint density at radius 1 is 1.53 bits per heavy atom. The fourth-order valence-electron chi connectivity index (χ4n) is 1.30. The summed E-state index contributed by atoms with van der Waals surface area (Å²) in [7, 11) is 0. The minimum atomic E-state index is -0.803. The molecule has 0 bridgehead atoms. The van der Waals surface area contributed by atoms with Gasteiger partial charge < -0.3 is 5.11 Å². The van der Waals surface area contributed by atoms with Crippen molar-refractivity contribution in [3.05, 3.63) is 35.1 Å². The summed E-state index contributed by atoms with van der Waals surface area (Å²) in [5, 5.41) is 8.68. The van der Waals surface area contributed by atoms with E-state index in [1.54, 1.807) is 19.9 Å². The molecule has 1 N–H and O–H groups in total. The van der Waals surface area contributed by atoms with E-state index in [0.717, 1.165) is 5.56 Å². The quantitative estimate of drug-likeness (QED) is 0.829. The maximum absolute atomic E-state index is 13.1. The first-order valence-corrected chi connectivity index (χ1v) is 4.98. The molecule has 2 nitrogen and oxygen atoms in total. The smallest absolute Gasteiger partial charge is 0.306 e. The van der Waals surface area contributed by atoms with Gasteiger partial charge in [0.05, 0.1) is 5.92 Å². The zero-order chi connectivity index (χ0) is 11.4. The van der Waals surface area contributed by atoms with E-state index in [-0.39, 0.29) is 11.7 Å². The molecule has 0 saturated carbocycles. The maximum atomic E-state index is 13.1. The number of halogens is 1. The Kier molecular flexibility index (Phi) is 3.83. The number of aliphatic carboxylic acids is 1. The highest BCUT2D eigenvalue weighted by Gasteiger charge is 2.10. The third kappa shape index (κ3) is 3.35. The number of hydrogen-bond acceptors (Lipinski definition) is 1. The molecule has 0 saturated heterocycles. The van der Waals surface area contributed by atoms with Gasteiger partial charge in [0.2, 0.25) is 0 Å². The van der Waals surface area contributed by atoms with Crippen molar-refractivity contribution < 1.29 is 14.3 Å². The van der Waals surface area contributed by atoms with Crippen molar-refractivity contribution >= 4 is 5.97 Å². The Labute approximate surface area is 88.7 Å². The maximum Gasteiger partial charge on any atom is 0.306 e. The average molecular weight is 210 g/mol. The highest BCUT2D eigenvalue weighted by atomic mass is 19.1. The first kappa shape index (κ1) is 11.7. The second-order valence-electron chi connectivity index (χ2n) is 3.86. The van der Waals surface area contributed by atoms with Crippen LogP contribution in [0.5, 0.6) is 0 Å². The van der Waals surface area contributed by atoms with Gasteiger partial charge in [-0.1, -0.05) is 19.1 Å². The molecule has 1 unspecified atom stereocenters. The summed E-state index contributed by atoms with van der Waals surface area (Å²) >= 11 is 0. The third-order valence-corrected chi connectivity index (χ3v) is 2.52. The third-order valence-electron chi connectivity index (χ3n) is 2.52. The SMILES string of the molecule is Cc1ccc(CCC(C)C(=O)O)cc1F. The van der Waals surface area contributed by atoms with Crippen molar-refractivity contribution in [2.24, 2.45) is 5.92 Å². The van der Waals surface area contributed by atoms with Crippen molar-refractivity contribution in [1.29, 1.82) is 0 Å². The highest BCUT2D eigenvalue weighted by Crippen LogP contribution is 2.13. The van der Waals surface area contributed by atoms with Gasteiger partial charge in [-0.25, -0.2) is 4.39 Å². The number of benzene rings is 1. The Balaban J connectivity index is 2.58. The van der Waals surface area contributed by atoms with Crippen LogP contribution in [0.3, 0.4) is 0 Å². The monoisotopic (exact) mass is 210 g/mol. The molecule has 0 spiro atoms. The minimum absolute atomic E-state index is 0.226. The molecular formula is C12H15FO2. The fraction of sp³-hybridized carbons (Fsp3) is 0.417. The van der Waals surface area contributed by atoms with E-state index in [0.29, 0.717) is 18.4 Å². The topological polar surface area (TPSA) is 37.3 Å². The van der Waals surface area contributed by atoms with E-state index in [9.17, 15) is 9.18 Å². The summed E-state index contributed by atoms with van der Waals surface area (Å²) in [5.41, 5.74) is 1.47. The number of carboxylic acids is 1. The second-order valence-corrected chi connectivity index (χ2v) is 3.86. The standard InChI is InChI=1S/C12H15FO2/c1-8-3-5-10(7-11(8)13)6-4-9(2)12(14)15/h3,5,7,9H,4,6H2,1-2H3,(H,14,15). The predicted octanol–water partition coefficient (Wildman–Crippen LogP) is 2.79. The molecule has 0 aliphatic heterocycles. The number of carbonyl (C=O) groups is 1. The Bertz CT molecular complexity index is 361. The molecule has 0 aliphatic carbocycles. The summed E-state index contributed by atoms with van der Waals surface area (Å²) < 4.78 is 13.1. The van der Waals surface area contributed by atoms with Gasteiger partial charge in [0.1, 0.15) is 5.82 Å². The Morgan fingerprint density at radius 3 is 2.73 bits per heavy atom. The van der Waals surface area contributed by atoms with E-state index >= 15 is 0 Å². The van der Waals surface area contributed by atoms with E-state index in [2.05, 4.69) is 0 Å². The van der Waals surface area contributed by atoms with Crippen LogP contribution >= 0.6 is 0 Å². The lowest BCUT2D eigenvalue weighted by Gasteiger charge is -2.06. The molecule has 1 atom stereocenters. The summed E-state index contributed by atoms with van der Waals surface area (Å²) in [5.74, 6) is -1.41. The molecule has 1 aromatic rings. The predicted molar refractivity (Wildman–Crippen MR) is 56.3 cm³/mol. The number of aryl methyl sites for hydroxylation is 2. The summed E-state index contributed by atoms with van der Waals surface area (Å²) in [6.07, 6.45) is 1.14. The molecule has 0 aromatic heterocycles. The molecule has 0 amide bonds. The lowest BCUT2D eigenvalue weighted by atomic mass is 10.0. The zero-order valence-corrected chi connectivity index (χ0v) is 8.96. The first-order chi connectivity index (χ1) is 7.00. The van der Waals surface area contributed by atoms with Crippen LogP contribution < -0.4 is 0 Å². The fourth-order valence-corrected chi connectivity index (χ4v) is 1.30. The molecule has 82 valence electrons. The number of rotatable bonds is 4. The molecule has 1 rings (SSSR count). The van der Waals surface area contributed by atoms with E-state index < -0.39 is 5.97 Å². The van der Waals surface area contributed by atoms with Crippen LogP contribution in [0.15, 0.2) is 18.2 Å². The van der Waals surface area contributed by atoms with Crippen LogP contribution in [0.25, 0.3) is 0 Å². The normalized spacial score (nSPS) is 12.5. The van der Waals surface area contributed by atoms with Gasteiger partial charge in [-0.05, 0) is 37.0 Å². The Hall–Kier alpha value is -1.38. The van der Waals surface area contributed by atoms with Gasteiger partial charge in [0.25, 0.3) is 0 Å². The van der Waals surface area contributed by atoms with Crippen molar-refractivity contribution in [3.8, 4) is 0 Å². The van der Waals surface area contributed by atoms with Gasteiger partial charge >= 0.3 is 5.97 Å². The highest BCUT2D eigenvalue weighted by molar-refractivity contribution is 5.69. The van der Waals surface area contributed by atoms with E-state index in [1.807, 2.05) is 6.07 Å². The zero-order valence-electron chi connectivity index (χ0n) is 8.96. The van der Waals surface area contributed by atoms with E-state index in [4.69, 9.17) is 5.11 Å². The van der Waals surface area contributed by atoms with Crippen molar-refractivity contribution in [2.75, 3.05) is 0 Å². The first-order valence-electron chi connectivity index (χ1n) is 4.98. The molecule has 0 radical (unpaired) electrons. The molecule has 0 aliphatic rings. The summed E-state index contributed by atoms with van der Waals surface area (Å²) in [4.78, 5) is 10.6. The van der Waals surface area contributed by atoms with Crippen molar-refractivity contribution in [1.82, 2.24) is 0 Å². The van der Waals surface area contributed by atoms with Crippen LogP contribution in [0, 0.1) is 18.7 Å². The van der Waals surface area contributed by atoms with Crippen molar-refractivity contribution in [2.45, 2.75) is 26.7 Å². The van der Waals surface area contributed by atoms with Crippen LogP contribution in [0.1, 0.15) is 24.5 Å². The van der Waals surface area contributed by atoms with Gasteiger partial charge in [-0.2, -0.15) is 0 Å². The average Bonchev–Trinajstić information content (AvgIpc) is 2.19. The lowest BCUT2D eigenvalue weighted by Crippen LogP contribution is -2.10. The van der Waals surface area contributed by atoms with Crippen molar-refractivity contribution in [3.63, 3.8) is 0 Å². The van der Waals surface area contributed by atoms with Crippen LogP contribution in [-0.4, -0.2) is 11.1 Å². The van der Waals surface area contributed by atoms with Crippen LogP contribution in [0.4, 0.5) is 4.39 Å². The molecule has 3 heteroatoms. The molecule has 15 heavy (non-hydrogen) atoms. The summed E-state index contributed by atoms with van der Waals surface area (Å²) in [6, 6.07) is 5.03. The largest absolute Gasteiger partial charge is 0.481 e. The van der Waals surface area contributed by atoms with Gasteiger partial charge in [-0.3, -0.25) is 4.79 Å². The van der Waals surface area contributed by atoms with E-state index in [1.165, 1.54) is 6.07 Å². The second kappa shape index (κ2) is 4.91. The van der Waals surface area contributed by atoms with Gasteiger partial charge in [0, 0.05) is 0 Å². The molecule has 0 fully saturated rings. The van der Waals surface area contributed by atoms with Gasteiger partial charge in [-0.15, -0.1) is 0 Å². The number of hydrogen-bond donors (Lipinski definition) is 1.